The number of methoxy groups -OCH3 is 1. The summed E-state index contributed by atoms with van der Waals surface area (Å²) in [6, 6.07) is 4.03. The third-order valence-electron chi connectivity index (χ3n) is 2.10. The predicted octanol–water partition coefficient (Wildman–Crippen LogP) is 2.76. The molecule has 0 aliphatic heterocycles. The van der Waals surface area contributed by atoms with Crippen molar-refractivity contribution in [1.82, 2.24) is 0 Å². The molecule has 0 fully saturated rings. The van der Waals surface area contributed by atoms with Crippen LogP contribution in [0.4, 0.5) is 0 Å². The molecule has 0 radical (unpaired) electrons. The fourth-order valence-corrected chi connectivity index (χ4v) is 2.10. The molecule has 14 heavy (non-hydrogen) atoms. The minimum absolute atomic E-state index is 0.398. The summed E-state index contributed by atoms with van der Waals surface area (Å²) < 4.78 is 6.14. The van der Waals surface area contributed by atoms with Crippen LogP contribution < -0.4 is 4.74 Å². The summed E-state index contributed by atoms with van der Waals surface area (Å²) in [5.74, 6) is 0.759. The van der Waals surface area contributed by atoms with Gasteiger partial charge in [-0.3, -0.25) is 0 Å². The van der Waals surface area contributed by atoms with Crippen LogP contribution in [0, 0.1) is 0 Å². The van der Waals surface area contributed by atoms with Crippen LogP contribution >= 0.6 is 15.9 Å². The number of halogens is 1. The molecule has 76 valence electrons. The number of hydrogen-bond donors (Lipinski definition) is 0. The van der Waals surface area contributed by atoms with E-state index in [9.17, 15) is 4.79 Å². The fourth-order valence-electron chi connectivity index (χ4n) is 1.39. The van der Waals surface area contributed by atoms with Crippen molar-refractivity contribution in [3.05, 3.63) is 27.7 Å². The van der Waals surface area contributed by atoms with Crippen LogP contribution in [0.1, 0.15) is 18.1 Å². The fraction of sp³-hybridized carbons (Fsp3) is 0.364. The Morgan fingerprint density at radius 3 is 2.71 bits per heavy atom. The maximum Gasteiger partial charge on any atom is 0.136 e. The average Bonchev–Trinajstić information content (AvgIpc) is 2.18. The van der Waals surface area contributed by atoms with Gasteiger partial charge in [-0.05, 0) is 34.0 Å². The molecule has 2 nitrogen and oxygen atoms in total. The molecule has 0 heterocycles. The Morgan fingerprint density at radius 2 is 2.21 bits per heavy atom. The van der Waals surface area contributed by atoms with Gasteiger partial charge in [-0.1, -0.05) is 13.0 Å². The Bertz CT molecular complexity index is 334. The number of benzene rings is 1. The van der Waals surface area contributed by atoms with E-state index >= 15 is 0 Å². The molecule has 0 saturated heterocycles. The average molecular weight is 257 g/mol. The first-order valence-corrected chi connectivity index (χ1v) is 5.31. The summed E-state index contributed by atoms with van der Waals surface area (Å²) >= 11 is 3.43. The van der Waals surface area contributed by atoms with E-state index in [1.807, 2.05) is 12.1 Å². The number of ether oxygens (including phenoxy) is 1. The monoisotopic (exact) mass is 256 g/mol. The topological polar surface area (TPSA) is 26.3 Å². The Morgan fingerprint density at radius 1 is 1.50 bits per heavy atom. The Kier molecular flexibility index (Phi) is 4.14. The van der Waals surface area contributed by atoms with Crippen molar-refractivity contribution in [1.29, 1.82) is 0 Å². The number of carbonyl (C=O) groups excluding carboxylic acids is 1. The third kappa shape index (κ3) is 2.35. The van der Waals surface area contributed by atoms with Crippen LogP contribution in [0.2, 0.25) is 0 Å². The van der Waals surface area contributed by atoms with Gasteiger partial charge in [0.05, 0.1) is 11.6 Å². The van der Waals surface area contributed by atoms with Crippen LogP contribution in [0.5, 0.6) is 5.75 Å². The molecular formula is C11H13BrO2. The zero-order chi connectivity index (χ0) is 10.6. The van der Waals surface area contributed by atoms with Crippen molar-refractivity contribution in [2.75, 3.05) is 7.11 Å². The van der Waals surface area contributed by atoms with Gasteiger partial charge in [0.1, 0.15) is 12.0 Å². The van der Waals surface area contributed by atoms with Gasteiger partial charge >= 0.3 is 0 Å². The lowest BCUT2D eigenvalue weighted by molar-refractivity contribution is -0.107. The maximum absolute atomic E-state index is 10.5. The number of rotatable bonds is 4. The van der Waals surface area contributed by atoms with Gasteiger partial charge in [0.2, 0.25) is 0 Å². The van der Waals surface area contributed by atoms with Crippen LogP contribution in [0.15, 0.2) is 16.6 Å². The molecule has 0 N–H and O–H groups in total. The van der Waals surface area contributed by atoms with Crippen molar-refractivity contribution in [2.45, 2.75) is 19.8 Å². The van der Waals surface area contributed by atoms with Gasteiger partial charge in [0.25, 0.3) is 0 Å². The van der Waals surface area contributed by atoms with Crippen molar-refractivity contribution >= 4 is 22.2 Å². The Balaban J connectivity index is 3.20. The molecule has 0 spiro atoms. The standard InChI is InChI=1S/C11H13BrO2/c1-3-8-6-9(4-5-13)11(14-2)10(12)7-8/h5-7H,3-4H2,1-2H3. The SMILES string of the molecule is CCc1cc(Br)c(OC)c(CC=O)c1. The summed E-state index contributed by atoms with van der Waals surface area (Å²) in [5, 5.41) is 0. The van der Waals surface area contributed by atoms with Gasteiger partial charge in [0, 0.05) is 12.0 Å². The molecule has 0 amide bonds. The van der Waals surface area contributed by atoms with Crippen LogP contribution in [0.3, 0.4) is 0 Å². The molecule has 1 aromatic carbocycles. The second-order valence-electron chi connectivity index (χ2n) is 2.99. The molecule has 1 rings (SSSR count). The summed E-state index contributed by atoms with van der Waals surface area (Å²) in [7, 11) is 1.61. The van der Waals surface area contributed by atoms with Gasteiger partial charge in [-0.2, -0.15) is 0 Å². The van der Waals surface area contributed by atoms with Crippen molar-refractivity contribution in [2.24, 2.45) is 0 Å². The van der Waals surface area contributed by atoms with E-state index in [0.717, 1.165) is 28.5 Å². The minimum atomic E-state index is 0.398. The van der Waals surface area contributed by atoms with E-state index < -0.39 is 0 Å². The van der Waals surface area contributed by atoms with Gasteiger partial charge in [0.15, 0.2) is 0 Å². The number of aldehydes is 1. The summed E-state index contributed by atoms with van der Waals surface area (Å²) in [5.41, 5.74) is 2.14. The highest BCUT2D eigenvalue weighted by molar-refractivity contribution is 9.10. The van der Waals surface area contributed by atoms with Crippen LogP contribution in [-0.2, 0) is 17.6 Å². The minimum Gasteiger partial charge on any atom is -0.495 e. The number of aryl methyl sites for hydroxylation is 1. The second kappa shape index (κ2) is 5.15. The second-order valence-corrected chi connectivity index (χ2v) is 3.85. The molecule has 3 heteroatoms. The van der Waals surface area contributed by atoms with Crippen molar-refractivity contribution in [3.8, 4) is 5.75 Å². The summed E-state index contributed by atoms with van der Waals surface area (Å²) in [4.78, 5) is 10.5. The zero-order valence-electron chi connectivity index (χ0n) is 8.34. The lowest BCUT2D eigenvalue weighted by Gasteiger charge is -2.10. The highest BCUT2D eigenvalue weighted by Gasteiger charge is 2.08. The van der Waals surface area contributed by atoms with E-state index in [2.05, 4.69) is 22.9 Å². The largest absolute Gasteiger partial charge is 0.495 e. The normalized spacial score (nSPS) is 9.93. The lowest BCUT2D eigenvalue weighted by Crippen LogP contribution is -1.96. The van der Waals surface area contributed by atoms with Gasteiger partial charge in [-0.15, -0.1) is 0 Å². The third-order valence-corrected chi connectivity index (χ3v) is 2.68. The molecule has 0 bridgehead atoms. The van der Waals surface area contributed by atoms with Crippen molar-refractivity contribution < 1.29 is 9.53 Å². The number of hydrogen-bond acceptors (Lipinski definition) is 2. The Labute approximate surface area is 92.4 Å². The highest BCUT2D eigenvalue weighted by atomic mass is 79.9. The van der Waals surface area contributed by atoms with Gasteiger partial charge in [-0.25, -0.2) is 0 Å². The van der Waals surface area contributed by atoms with Crippen LogP contribution in [0.25, 0.3) is 0 Å². The molecule has 0 aliphatic rings. The highest BCUT2D eigenvalue weighted by Crippen LogP contribution is 2.30. The van der Waals surface area contributed by atoms with Crippen LogP contribution in [-0.4, -0.2) is 13.4 Å². The quantitative estimate of drug-likeness (QED) is 0.775. The van der Waals surface area contributed by atoms with Crippen molar-refractivity contribution in [3.63, 3.8) is 0 Å². The molecule has 0 unspecified atom stereocenters. The first-order valence-electron chi connectivity index (χ1n) is 4.51. The van der Waals surface area contributed by atoms with E-state index in [0.29, 0.717) is 6.42 Å². The van der Waals surface area contributed by atoms with E-state index in [1.54, 1.807) is 7.11 Å². The molecule has 0 atom stereocenters. The maximum atomic E-state index is 10.5. The number of carbonyl (C=O) groups is 1. The molecule has 0 aromatic heterocycles. The smallest absolute Gasteiger partial charge is 0.136 e. The molecule has 1 aromatic rings. The van der Waals surface area contributed by atoms with E-state index in [-0.39, 0.29) is 0 Å². The predicted molar refractivity (Wildman–Crippen MR) is 59.8 cm³/mol. The first-order chi connectivity index (χ1) is 6.72. The summed E-state index contributed by atoms with van der Waals surface area (Å²) in [6.07, 6.45) is 2.24. The van der Waals surface area contributed by atoms with E-state index in [1.165, 1.54) is 5.56 Å². The molecule has 0 aliphatic carbocycles. The molecule has 0 saturated carbocycles. The lowest BCUT2D eigenvalue weighted by atomic mass is 10.1. The van der Waals surface area contributed by atoms with E-state index in [4.69, 9.17) is 4.74 Å². The first kappa shape index (κ1) is 11.2. The molecular weight excluding hydrogens is 244 g/mol. The Hall–Kier alpha value is -0.830. The zero-order valence-corrected chi connectivity index (χ0v) is 9.93. The van der Waals surface area contributed by atoms with Gasteiger partial charge < -0.3 is 9.53 Å². The summed E-state index contributed by atoms with van der Waals surface area (Å²) in [6.45, 7) is 2.08.